The first kappa shape index (κ1) is 6.03. The van der Waals surface area contributed by atoms with E-state index in [1.165, 1.54) is 5.37 Å². The summed E-state index contributed by atoms with van der Waals surface area (Å²) < 4.78 is 0. The minimum Gasteiger partial charge on any atom is -0.493 e. The summed E-state index contributed by atoms with van der Waals surface area (Å²) in [6, 6.07) is 0. The highest BCUT2D eigenvalue weighted by Crippen LogP contribution is 2.02. The molecule has 1 rings (SSSR count). The summed E-state index contributed by atoms with van der Waals surface area (Å²) in [7, 11) is 0. The van der Waals surface area contributed by atoms with E-state index in [9.17, 15) is 4.79 Å². The molecule has 4 nitrogen and oxygen atoms in total. The van der Waals surface area contributed by atoms with E-state index in [4.69, 9.17) is 5.11 Å². The highest BCUT2D eigenvalue weighted by atomic mass is 32.1. The van der Waals surface area contributed by atoms with Gasteiger partial charge in [-0.25, -0.2) is 4.79 Å². The van der Waals surface area contributed by atoms with Crippen LogP contribution in [0.5, 0.6) is 5.88 Å². The van der Waals surface area contributed by atoms with Crippen molar-refractivity contribution in [2.75, 3.05) is 0 Å². The predicted octanol–water partition coefficient (Wildman–Crippen LogP) is -0.244. The van der Waals surface area contributed by atoms with Gasteiger partial charge in [-0.15, -0.1) is 0 Å². The summed E-state index contributed by atoms with van der Waals surface area (Å²) >= 11 is 4.44. The van der Waals surface area contributed by atoms with E-state index in [0.717, 1.165) is 0 Å². The standard InChI is InChI=1S/C4H4N2O2S/c7-3-2(1-9)5-4(8)6-3/h1,7H,(H2,5,6,8). The third-order valence-corrected chi connectivity index (χ3v) is 1.09. The predicted molar refractivity (Wildman–Crippen MR) is 35.8 cm³/mol. The Labute approximate surface area is 55.5 Å². The summed E-state index contributed by atoms with van der Waals surface area (Å²) in [6.07, 6.45) is 0. The molecule has 48 valence electrons. The molecule has 1 aromatic heterocycles. The molecule has 0 radical (unpaired) electrons. The Bertz CT molecular complexity index is 274. The van der Waals surface area contributed by atoms with Gasteiger partial charge in [0.05, 0.1) is 0 Å². The van der Waals surface area contributed by atoms with Crippen LogP contribution in [0.1, 0.15) is 5.69 Å². The molecule has 0 atom stereocenters. The molecule has 0 fully saturated rings. The first-order chi connectivity index (χ1) is 4.24. The third kappa shape index (κ3) is 0.996. The molecule has 1 aromatic rings. The lowest BCUT2D eigenvalue weighted by atomic mass is 10.5. The van der Waals surface area contributed by atoms with E-state index in [1.54, 1.807) is 0 Å². The van der Waals surface area contributed by atoms with Crippen molar-refractivity contribution in [3.8, 4) is 5.88 Å². The number of aromatic nitrogens is 2. The van der Waals surface area contributed by atoms with E-state index in [0.29, 0.717) is 0 Å². The van der Waals surface area contributed by atoms with Crippen LogP contribution >= 0.6 is 12.2 Å². The molecule has 0 bridgehead atoms. The van der Waals surface area contributed by atoms with Gasteiger partial charge >= 0.3 is 5.69 Å². The van der Waals surface area contributed by atoms with Crippen LogP contribution in [-0.2, 0) is 0 Å². The smallest absolute Gasteiger partial charge is 0.326 e. The highest BCUT2D eigenvalue weighted by molar-refractivity contribution is 7.79. The Morgan fingerprint density at radius 1 is 1.56 bits per heavy atom. The van der Waals surface area contributed by atoms with E-state index in [-0.39, 0.29) is 11.6 Å². The minimum atomic E-state index is -0.455. The molecule has 0 saturated heterocycles. The van der Waals surface area contributed by atoms with Crippen molar-refractivity contribution in [3.05, 3.63) is 16.2 Å². The number of aromatic amines is 2. The normalized spacial score (nSPS) is 9.33. The van der Waals surface area contributed by atoms with Crippen LogP contribution < -0.4 is 5.69 Å². The molecule has 5 heteroatoms. The lowest BCUT2D eigenvalue weighted by Gasteiger charge is -1.80. The van der Waals surface area contributed by atoms with E-state index < -0.39 is 5.69 Å². The molecule has 9 heavy (non-hydrogen) atoms. The van der Waals surface area contributed by atoms with Crippen LogP contribution in [0.3, 0.4) is 0 Å². The Kier molecular flexibility index (Phi) is 1.35. The third-order valence-electron chi connectivity index (χ3n) is 0.853. The lowest BCUT2D eigenvalue weighted by Crippen LogP contribution is -2.00. The van der Waals surface area contributed by atoms with Gasteiger partial charge in [0.1, 0.15) is 5.69 Å². The van der Waals surface area contributed by atoms with Gasteiger partial charge in [0.15, 0.2) is 0 Å². The number of nitrogens with one attached hydrogen (secondary N) is 2. The molecule has 0 aliphatic carbocycles. The molecule has 0 amide bonds. The zero-order valence-electron chi connectivity index (χ0n) is 4.34. The van der Waals surface area contributed by atoms with E-state index in [2.05, 4.69) is 22.2 Å². The van der Waals surface area contributed by atoms with Gasteiger partial charge in [-0.3, -0.25) is 4.98 Å². The van der Waals surface area contributed by atoms with Crippen molar-refractivity contribution < 1.29 is 5.11 Å². The van der Waals surface area contributed by atoms with Crippen LogP contribution in [0.25, 0.3) is 0 Å². The number of hydrogen-bond acceptors (Lipinski definition) is 3. The first-order valence-corrected chi connectivity index (χ1v) is 2.67. The average molecular weight is 144 g/mol. The Morgan fingerprint density at radius 3 is 2.44 bits per heavy atom. The molecule has 0 saturated carbocycles. The number of rotatable bonds is 1. The molecular weight excluding hydrogens is 140 g/mol. The summed E-state index contributed by atoms with van der Waals surface area (Å²) in [5.41, 5.74) is -0.210. The quantitative estimate of drug-likeness (QED) is 0.476. The molecule has 0 aliphatic heterocycles. The summed E-state index contributed by atoms with van der Waals surface area (Å²) in [5, 5.41) is 9.93. The van der Waals surface area contributed by atoms with Gasteiger partial charge in [-0.2, -0.15) is 0 Å². The van der Waals surface area contributed by atoms with Gasteiger partial charge in [0.2, 0.25) is 5.88 Å². The number of thiocarbonyl (C=S) groups is 1. The summed E-state index contributed by atoms with van der Waals surface area (Å²) in [6.45, 7) is 0. The molecule has 0 unspecified atom stereocenters. The minimum absolute atomic E-state index is 0.213. The van der Waals surface area contributed by atoms with Crippen molar-refractivity contribution >= 4 is 17.6 Å². The van der Waals surface area contributed by atoms with Crippen molar-refractivity contribution in [3.63, 3.8) is 0 Å². The molecule has 1 heterocycles. The van der Waals surface area contributed by atoms with Gasteiger partial charge in [0, 0.05) is 5.37 Å². The number of hydrogen-bond donors (Lipinski definition) is 3. The molecule has 3 N–H and O–H groups in total. The average Bonchev–Trinajstić information content (AvgIpc) is 2.10. The van der Waals surface area contributed by atoms with Crippen LogP contribution in [0, 0.1) is 0 Å². The van der Waals surface area contributed by atoms with Gasteiger partial charge in [-0.1, -0.05) is 12.2 Å². The van der Waals surface area contributed by atoms with Crippen molar-refractivity contribution in [2.24, 2.45) is 0 Å². The lowest BCUT2D eigenvalue weighted by molar-refractivity contribution is 0.455. The van der Waals surface area contributed by atoms with Crippen molar-refractivity contribution in [1.82, 2.24) is 9.97 Å². The fourth-order valence-electron chi connectivity index (χ4n) is 0.473. The second-order valence-electron chi connectivity index (χ2n) is 1.46. The van der Waals surface area contributed by atoms with E-state index >= 15 is 0 Å². The van der Waals surface area contributed by atoms with Crippen LogP contribution in [0.15, 0.2) is 4.79 Å². The summed E-state index contributed by atoms with van der Waals surface area (Å²) in [4.78, 5) is 14.7. The molecule has 0 aromatic carbocycles. The SMILES string of the molecule is O=c1[nH]c(O)c(C=S)[nH]1. The zero-order valence-corrected chi connectivity index (χ0v) is 5.16. The Hall–Kier alpha value is -1.10. The Morgan fingerprint density at radius 2 is 2.22 bits per heavy atom. The maximum atomic E-state index is 10.3. The monoisotopic (exact) mass is 144 g/mol. The van der Waals surface area contributed by atoms with Crippen molar-refractivity contribution in [1.29, 1.82) is 0 Å². The topological polar surface area (TPSA) is 68.9 Å². The first-order valence-electron chi connectivity index (χ1n) is 2.20. The van der Waals surface area contributed by atoms with Crippen LogP contribution in [0.2, 0.25) is 0 Å². The van der Waals surface area contributed by atoms with Crippen LogP contribution in [0.4, 0.5) is 0 Å². The number of H-pyrrole nitrogens is 2. The number of imidazole rings is 1. The largest absolute Gasteiger partial charge is 0.493 e. The Balaban J connectivity index is 3.31. The highest BCUT2D eigenvalue weighted by Gasteiger charge is 1.98. The second kappa shape index (κ2) is 2.02. The maximum Gasteiger partial charge on any atom is 0.326 e. The second-order valence-corrected chi connectivity index (χ2v) is 1.69. The fourth-order valence-corrected chi connectivity index (χ4v) is 0.643. The van der Waals surface area contributed by atoms with Gasteiger partial charge < -0.3 is 10.1 Å². The summed E-state index contributed by atoms with van der Waals surface area (Å²) in [5.74, 6) is -0.213. The molecule has 0 aliphatic rings. The van der Waals surface area contributed by atoms with Crippen LogP contribution in [-0.4, -0.2) is 20.4 Å². The van der Waals surface area contributed by atoms with E-state index in [1.807, 2.05) is 0 Å². The zero-order chi connectivity index (χ0) is 6.85. The number of aromatic hydroxyl groups is 1. The maximum absolute atomic E-state index is 10.3. The van der Waals surface area contributed by atoms with Crippen molar-refractivity contribution in [2.45, 2.75) is 0 Å². The van der Waals surface area contributed by atoms with Gasteiger partial charge in [-0.05, 0) is 0 Å². The van der Waals surface area contributed by atoms with Gasteiger partial charge in [0.25, 0.3) is 0 Å². The molecular formula is C4H4N2O2S. The molecule has 0 spiro atoms. The fraction of sp³-hybridized carbons (Fsp3) is 0.